The molecule has 0 unspecified atom stereocenters. The number of rotatable bonds is 3. The monoisotopic (exact) mass is 206 g/mol. The third-order valence-corrected chi connectivity index (χ3v) is 1.97. The largest absolute Gasteiger partial charge is 0.381 e. The van der Waals surface area contributed by atoms with Crippen LogP contribution in [0.15, 0.2) is 22.9 Å². The Labute approximate surface area is 87.9 Å². The van der Waals surface area contributed by atoms with E-state index >= 15 is 0 Å². The Hall–Kier alpha value is -1.78. The van der Waals surface area contributed by atoms with Gasteiger partial charge in [0, 0.05) is 18.8 Å². The normalized spacial score (nSPS) is 11.1. The van der Waals surface area contributed by atoms with E-state index in [1.165, 1.54) is 0 Å². The predicted octanol–water partition coefficient (Wildman–Crippen LogP) is 1.78. The molecule has 2 heterocycles. The molecule has 0 amide bonds. The van der Waals surface area contributed by atoms with Gasteiger partial charge in [0.05, 0.1) is 0 Å². The molecule has 0 saturated heterocycles. The van der Waals surface area contributed by atoms with Crippen LogP contribution in [0.3, 0.4) is 0 Å². The van der Waals surface area contributed by atoms with Crippen molar-refractivity contribution in [3.05, 3.63) is 18.3 Å². The molecular formula is C10H14N4O. The third kappa shape index (κ3) is 2.18. The maximum Gasteiger partial charge on any atom is 0.189 e. The van der Waals surface area contributed by atoms with Crippen LogP contribution in [0.5, 0.6) is 0 Å². The summed E-state index contributed by atoms with van der Waals surface area (Å²) in [6, 6.07) is 3.56. The summed E-state index contributed by atoms with van der Waals surface area (Å²) in [6.45, 7) is 5.19. The van der Waals surface area contributed by atoms with Crippen molar-refractivity contribution in [3.63, 3.8) is 0 Å². The van der Waals surface area contributed by atoms with Crippen LogP contribution >= 0.6 is 0 Å². The van der Waals surface area contributed by atoms with Crippen LogP contribution in [-0.2, 0) is 6.54 Å². The Morgan fingerprint density at radius 3 is 2.93 bits per heavy atom. The van der Waals surface area contributed by atoms with Gasteiger partial charge in [0.2, 0.25) is 0 Å². The van der Waals surface area contributed by atoms with E-state index in [1.54, 1.807) is 6.07 Å². The molecule has 0 aliphatic carbocycles. The Bertz CT molecular complexity index is 444. The molecule has 0 fully saturated rings. The fourth-order valence-corrected chi connectivity index (χ4v) is 1.38. The van der Waals surface area contributed by atoms with E-state index in [0.29, 0.717) is 17.5 Å². The van der Waals surface area contributed by atoms with Crippen molar-refractivity contribution in [1.82, 2.24) is 14.9 Å². The highest BCUT2D eigenvalue weighted by atomic mass is 16.5. The molecule has 0 atom stereocenters. The molecule has 15 heavy (non-hydrogen) atoms. The van der Waals surface area contributed by atoms with E-state index in [1.807, 2.05) is 16.9 Å². The number of aromatic nitrogens is 3. The van der Waals surface area contributed by atoms with Crippen LogP contribution in [-0.4, -0.2) is 14.9 Å². The predicted molar refractivity (Wildman–Crippen MR) is 57.0 cm³/mol. The topological polar surface area (TPSA) is 69.9 Å². The van der Waals surface area contributed by atoms with Crippen molar-refractivity contribution < 1.29 is 4.52 Å². The number of hydrogen-bond acceptors (Lipinski definition) is 4. The smallest absolute Gasteiger partial charge is 0.189 e. The number of nitrogens with zero attached hydrogens (tertiary/aromatic N) is 3. The van der Waals surface area contributed by atoms with Crippen molar-refractivity contribution in [1.29, 1.82) is 0 Å². The van der Waals surface area contributed by atoms with Gasteiger partial charge in [-0.2, -0.15) is 5.10 Å². The van der Waals surface area contributed by atoms with E-state index in [0.717, 1.165) is 12.2 Å². The first-order valence-electron chi connectivity index (χ1n) is 4.91. The lowest BCUT2D eigenvalue weighted by molar-refractivity contribution is 0.432. The maximum absolute atomic E-state index is 5.46. The van der Waals surface area contributed by atoms with Gasteiger partial charge in [-0.25, -0.2) is 0 Å². The van der Waals surface area contributed by atoms with Crippen molar-refractivity contribution in [2.24, 2.45) is 5.92 Å². The number of anilines is 1. The van der Waals surface area contributed by atoms with E-state index in [2.05, 4.69) is 24.1 Å². The van der Waals surface area contributed by atoms with E-state index in [9.17, 15) is 0 Å². The fourth-order valence-electron chi connectivity index (χ4n) is 1.38. The highest BCUT2D eigenvalue weighted by Gasteiger charge is 2.08. The highest BCUT2D eigenvalue weighted by Crippen LogP contribution is 2.18. The Kier molecular flexibility index (Phi) is 2.45. The van der Waals surface area contributed by atoms with Crippen LogP contribution in [0, 0.1) is 5.92 Å². The molecule has 2 N–H and O–H groups in total. The second kappa shape index (κ2) is 3.76. The number of nitrogens with two attached hydrogens (primary N) is 1. The van der Waals surface area contributed by atoms with Gasteiger partial charge in [0.1, 0.15) is 5.69 Å². The van der Waals surface area contributed by atoms with Gasteiger partial charge in [-0.1, -0.05) is 19.0 Å². The Balaban J connectivity index is 2.20. The summed E-state index contributed by atoms with van der Waals surface area (Å²) in [5, 5.41) is 7.98. The molecule has 0 spiro atoms. The molecule has 5 heteroatoms. The van der Waals surface area contributed by atoms with E-state index in [4.69, 9.17) is 10.3 Å². The number of nitrogen functional groups attached to an aromatic ring is 1. The first kappa shape index (κ1) is 9.76. The fraction of sp³-hybridized carbons (Fsp3) is 0.400. The summed E-state index contributed by atoms with van der Waals surface area (Å²) in [5.74, 6) is 1.55. The third-order valence-electron chi connectivity index (χ3n) is 1.97. The van der Waals surface area contributed by atoms with Crippen LogP contribution in [0.2, 0.25) is 0 Å². The van der Waals surface area contributed by atoms with Crippen molar-refractivity contribution in [2.75, 3.05) is 5.73 Å². The minimum absolute atomic E-state index is 0.378. The van der Waals surface area contributed by atoms with Gasteiger partial charge < -0.3 is 10.3 Å². The lowest BCUT2D eigenvalue weighted by Crippen LogP contribution is -2.04. The Morgan fingerprint density at radius 1 is 1.53 bits per heavy atom. The molecule has 0 bridgehead atoms. The van der Waals surface area contributed by atoms with E-state index < -0.39 is 0 Å². The summed E-state index contributed by atoms with van der Waals surface area (Å²) in [4.78, 5) is 0. The van der Waals surface area contributed by atoms with Crippen molar-refractivity contribution >= 4 is 5.82 Å². The Morgan fingerprint density at radius 2 is 2.33 bits per heavy atom. The van der Waals surface area contributed by atoms with Crippen molar-refractivity contribution in [3.8, 4) is 11.5 Å². The quantitative estimate of drug-likeness (QED) is 0.830. The summed E-state index contributed by atoms with van der Waals surface area (Å²) in [7, 11) is 0. The van der Waals surface area contributed by atoms with Crippen LogP contribution in [0.4, 0.5) is 5.82 Å². The average molecular weight is 206 g/mol. The molecule has 0 radical (unpaired) electrons. The zero-order valence-electron chi connectivity index (χ0n) is 8.84. The first-order valence-corrected chi connectivity index (χ1v) is 4.91. The average Bonchev–Trinajstić information content (AvgIpc) is 2.72. The van der Waals surface area contributed by atoms with E-state index in [-0.39, 0.29) is 0 Å². The van der Waals surface area contributed by atoms with Gasteiger partial charge in [-0.15, -0.1) is 0 Å². The zero-order chi connectivity index (χ0) is 10.8. The summed E-state index contributed by atoms with van der Waals surface area (Å²) >= 11 is 0. The molecule has 2 aromatic heterocycles. The highest BCUT2D eigenvalue weighted by molar-refractivity contribution is 5.54. The maximum atomic E-state index is 5.46. The molecule has 2 aromatic rings. The number of hydrogen-bond donors (Lipinski definition) is 1. The summed E-state index contributed by atoms with van der Waals surface area (Å²) < 4.78 is 6.91. The van der Waals surface area contributed by atoms with Gasteiger partial charge in [-0.05, 0) is 12.0 Å². The zero-order valence-corrected chi connectivity index (χ0v) is 8.84. The van der Waals surface area contributed by atoms with Gasteiger partial charge >= 0.3 is 0 Å². The van der Waals surface area contributed by atoms with Gasteiger partial charge in [0.15, 0.2) is 11.6 Å². The van der Waals surface area contributed by atoms with Crippen LogP contribution < -0.4 is 5.73 Å². The first-order chi connectivity index (χ1) is 7.15. The molecular weight excluding hydrogens is 192 g/mol. The minimum Gasteiger partial charge on any atom is -0.381 e. The molecule has 0 aromatic carbocycles. The molecule has 5 nitrogen and oxygen atoms in total. The van der Waals surface area contributed by atoms with Crippen molar-refractivity contribution in [2.45, 2.75) is 20.4 Å². The molecule has 0 saturated carbocycles. The second-order valence-corrected chi connectivity index (χ2v) is 3.93. The lowest BCUT2D eigenvalue weighted by Gasteiger charge is -2.03. The van der Waals surface area contributed by atoms with Crippen LogP contribution in [0.25, 0.3) is 11.5 Å². The second-order valence-electron chi connectivity index (χ2n) is 3.93. The molecule has 2 rings (SSSR count). The van der Waals surface area contributed by atoms with Crippen LogP contribution in [0.1, 0.15) is 13.8 Å². The molecule has 0 aliphatic rings. The summed E-state index contributed by atoms with van der Waals surface area (Å²) in [5.41, 5.74) is 6.23. The standard InChI is InChI=1S/C10H14N4O/c1-7(2)6-14-4-3-8(12-14)9-5-10(11)13-15-9/h3-5,7H,6H2,1-2H3,(H2,11,13). The summed E-state index contributed by atoms with van der Waals surface area (Å²) in [6.07, 6.45) is 1.92. The molecule has 0 aliphatic heterocycles. The minimum atomic E-state index is 0.378. The lowest BCUT2D eigenvalue weighted by atomic mass is 10.2. The van der Waals surface area contributed by atoms with Gasteiger partial charge in [-0.3, -0.25) is 4.68 Å². The SMILES string of the molecule is CC(C)Cn1ccc(-c2cc(N)no2)n1. The molecule has 80 valence electrons. The van der Waals surface area contributed by atoms with Gasteiger partial charge in [0.25, 0.3) is 0 Å².